The van der Waals surface area contributed by atoms with Crippen LogP contribution < -0.4 is 14.4 Å². The molecule has 10 heteroatoms. The number of hydrogen-bond donors (Lipinski definition) is 2. The molecule has 3 heterocycles. The lowest BCUT2D eigenvalue weighted by Gasteiger charge is -2.48. The molecule has 4 aliphatic rings. The summed E-state index contributed by atoms with van der Waals surface area (Å²) in [5.41, 5.74) is 2.16. The maximum atomic E-state index is 13.1. The second-order valence-corrected chi connectivity index (χ2v) is 14.1. The molecule has 1 saturated heterocycles. The van der Waals surface area contributed by atoms with Crippen molar-refractivity contribution in [2.24, 2.45) is 11.8 Å². The number of aliphatic hydroxyl groups is 1. The fraction of sp³-hybridized carbons (Fsp3) is 0.516. The quantitative estimate of drug-likeness (QED) is 0.425. The number of nitrogens with one attached hydrogen (secondary N) is 1. The molecule has 0 spiro atoms. The van der Waals surface area contributed by atoms with Gasteiger partial charge in [0, 0.05) is 36.5 Å². The largest absolute Gasteiger partial charge is 0.487 e. The summed E-state index contributed by atoms with van der Waals surface area (Å²) in [5.74, 6) is 0.227. The predicted octanol–water partition coefficient (Wildman–Crippen LogP) is 4.63. The first-order valence-electron chi connectivity index (χ1n) is 14.5. The molecule has 2 fully saturated rings. The number of amides is 1. The summed E-state index contributed by atoms with van der Waals surface area (Å²) in [6.07, 6.45) is 8.65. The van der Waals surface area contributed by atoms with Gasteiger partial charge in [0.25, 0.3) is 5.91 Å². The van der Waals surface area contributed by atoms with Gasteiger partial charge in [0.1, 0.15) is 12.4 Å². The Morgan fingerprint density at radius 3 is 2.80 bits per heavy atom. The van der Waals surface area contributed by atoms with Crippen LogP contribution in [0.2, 0.25) is 5.02 Å². The van der Waals surface area contributed by atoms with Gasteiger partial charge in [-0.15, -0.1) is 0 Å². The van der Waals surface area contributed by atoms with Crippen LogP contribution in [-0.4, -0.2) is 56.6 Å². The normalized spacial score (nSPS) is 30.7. The van der Waals surface area contributed by atoms with Gasteiger partial charge < -0.3 is 19.5 Å². The molecule has 8 nitrogen and oxygen atoms in total. The lowest BCUT2D eigenvalue weighted by molar-refractivity contribution is -0.125. The first kappa shape index (κ1) is 28.5. The number of halogens is 1. The van der Waals surface area contributed by atoms with Gasteiger partial charge in [-0.2, -0.15) is 0 Å². The van der Waals surface area contributed by atoms with Gasteiger partial charge in [-0.05, 0) is 85.4 Å². The topological polar surface area (TPSA) is 105 Å². The van der Waals surface area contributed by atoms with E-state index >= 15 is 0 Å². The molecular weight excluding hydrogens is 564 g/mol. The van der Waals surface area contributed by atoms with Crippen LogP contribution in [0.25, 0.3) is 0 Å². The van der Waals surface area contributed by atoms with Gasteiger partial charge in [0.15, 0.2) is 0 Å². The average Bonchev–Trinajstić information content (AvgIpc) is 2.93. The lowest BCUT2D eigenvalue weighted by atomic mass is 9.67. The molecule has 2 aromatic rings. The Hall–Kier alpha value is -2.59. The number of benzene rings is 2. The Morgan fingerprint density at radius 2 is 1.98 bits per heavy atom. The molecule has 1 saturated carbocycles. The van der Waals surface area contributed by atoms with Crippen LogP contribution in [0.5, 0.6) is 5.75 Å². The molecular formula is C31H37ClN2O6S. The lowest BCUT2D eigenvalue weighted by Crippen LogP contribution is -2.50. The molecule has 6 rings (SSSR count). The third-order valence-corrected chi connectivity index (χ3v) is 10.4. The monoisotopic (exact) mass is 600 g/mol. The number of carbonyl (C=O) groups excluding carboxylic acids is 1. The highest BCUT2D eigenvalue weighted by atomic mass is 35.5. The van der Waals surface area contributed by atoms with Crippen LogP contribution in [0.1, 0.15) is 60.0 Å². The summed E-state index contributed by atoms with van der Waals surface area (Å²) in [5, 5.41) is 12.0. The van der Waals surface area contributed by atoms with Gasteiger partial charge >= 0.3 is 0 Å². The molecule has 3 aliphatic heterocycles. The Bertz CT molecular complexity index is 1450. The van der Waals surface area contributed by atoms with Gasteiger partial charge in [0.05, 0.1) is 29.8 Å². The zero-order valence-electron chi connectivity index (χ0n) is 23.1. The van der Waals surface area contributed by atoms with Gasteiger partial charge in [-0.25, -0.2) is 13.1 Å². The highest BCUT2D eigenvalue weighted by molar-refractivity contribution is 7.90. The molecule has 0 radical (unpaired) electrons. The maximum Gasteiger partial charge on any atom is 0.264 e. The maximum absolute atomic E-state index is 13.1. The van der Waals surface area contributed by atoms with Crippen molar-refractivity contribution in [3.8, 4) is 5.75 Å². The summed E-state index contributed by atoms with van der Waals surface area (Å²) in [4.78, 5) is 15.4. The minimum atomic E-state index is -3.95. The molecule has 1 aliphatic carbocycles. The number of ether oxygens (including phenoxy) is 2. The zero-order chi connectivity index (χ0) is 28.6. The number of sulfonamides is 1. The molecule has 220 valence electrons. The van der Waals surface area contributed by atoms with Crippen molar-refractivity contribution in [3.63, 3.8) is 0 Å². The summed E-state index contributed by atoms with van der Waals surface area (Å²) < 4.78 is 40.3. The van der Waals surface area contributed by atoms with E-state index in [2.05, 4.69) is 9.62 Å². The highest BCUT2D eigenvalue weighted by Gasteiger charge is 2.44. The molecule has 41 heavy (non-hydrogen) atoms. The Kier molecular flexibility index (Phi) is 8.06. The van der Waals surface area contributed by atoms with E-state index in [0.29, 0.717) is 48.7 Å². The van der Waals surface area contributed by atoms with Crippen LogP contribution >= 0.6 is 11.6 Å². The third-order valence-electron chi connectivity index (χ3n) is 9.06. The third kappa shape index (κ3) is 6.43. The second kappa shape index (κ2) is 11.6. The number of aryl methyl sites for hydroxylation is 1. The van der Waals surface area contributed by atoms with Gasteiger partial charge in [-0.3, -0.25) is 4.79 Å². The summed E-state index contributed by atoms with van der Waals surface area (Å²) >= 11 is 6.30. The van der Waals surface area contributed by atoms with Crippen molar-refractivity contribution in [2.75, 3.05) is 30.3 Å². The number of rotatable bonds is 0. The molecule has 2 aromatic carbocycles. The second-order valence-electron chi connectivity index (χ2n) is 11.9. The molecule has 1 amide bonds. The SMILES string of the molecule is O=C1NS(=O)(=O)C/C=C/[C@]2(O)CCO[C@@H](C2)[C@@H]2CC[C@H]2CN2CCCCc3cc(Cl)ccc3COc3ccc1cc32. The van der Waals surface area contributed by atoms with Crippen molar-refractivity contribution < 1.29 is 27.8 Å². The summed E-state index contributed by atoms with van der Waals surface area (Å²) in [6, 6.07) is 11.0. The number of nitrogens with zero attached hydrogens (tertiary/aromatic N) is 1. The van der Waals surface area contributed by atoms with Crippen molar-refractivity contribution >= 4 is 33.2 Å². The highest BCUT2D eigenvalue weighted by Crippen LogP contribution is 2.44. The number of anilines is 1. The minimum absolute atomic E-state index is 0.0911. The van der Waals surface area contributed by atoms with E-state index in [4.69, 9.17) is 21.1 Å². The molecule has 0 unspecified atom stereocenters. The predicted molar refractivity (Wildman–Crippen MR) is 158 cm³/mol. The summed E-state index contributed by atoms with van der Waals surface area (Å²) in [6.45, 7) is 2.31. The number of hydrogen-bond acceptors (Lipinski definition) is 7. The van der Waals surface area contributed by atoms with Crippen LogP contribution in [0.4, 0.5) is 5.69 Å². The van der Waals surface area contributed by atoms with E-state index in [0.717, 1.165) is 56.4 Å². The first-order valence-corrected chi connectivity index (χ1v) is 16.6. The number of fused-ring (bicyclic) bond motifs is 6. The van der Waals surface area contributed by atoms with Crippen LogP contribution in [0, 0.1) is 11.8 Å². The van der Waals surface area contributed by atoms with Crippen molar-refractivity contribution in [2.45, 2.75) is 63.3 Å². The fourth-order valence-corrected chi connectivity index (χ4v) is 7.66. The Morgan fingerprint density at radius 1 is 1.10 bits per heavy atom. The fourth-order valence-electron chi connectivity index (χ4n) is 6.63. The first-order chi connectivity index (χ1) is 19.7. The average molecular weight is 601 g/mol. The van der Waals surface area contributed by atoms with E-state index in [1.165, 1.54) is 11.6 Å². The van der Waals surface area contributed by atoms with Crippen molar-refractivity contribution in [3.05, 3.63) is 70.3 Å². The van der Waals surface area contributed by atoms with E-state index in [1.54, 1.807) is 24.3 Å². The van der Waals surface area contributed by atoms with E-state index in [9.17, 15) is 18.3 Å². The molecule has 4 atom stereocenters. The Labute approximate surface area is 246 Å². The minimum Gasteiger partial charge on any atom is -0.487 e. The van der Waals surface area contributed by atoms with E-state index < -0.39 is 27.3 Å². The van der Waals surface area contributed by atoms with Crippen LogP contribution in [0.15, 0.2) is 48.6 Å². The van der Waals surface area contributed by atoms with Crippen molar-refractivity contribution in [1.29, 1.82) is 0 Å². The molecule has 2 N–H and O–H groups in total. The smallest absolute Gasteiger partial charge is 0.264 e. The Balaban J connectivity index is 1.38. The van der Waals surface area contributed by atoms with Crippen LogP contribution in [-0.2, 0) is 27.8 Å². The van der Waals surface area contributed by atoms with E-state index in [-0.39, 0.29) is 11.7 Å². The standard InChI is InChI=1S/C31H37ClN2O6S/c32-25-8-5-24-20-40-28-10-7-22-17-27(28)34(13-2-1-4-21(24)16-25)19-23-6-9-26(23)29-18-31(36,12-14-39-29)11-3-15-41(37,38)33-30(22)35/h3,5,7-8,10-11,16-17,23,26,29,36H,1-2,4,6,9,12-15,18-20H2,(H,33,35)/b11-3+/t23-,26+,29-,31-/m0/s1. The van der Waals surface area contributed by atoms with Crippen LogP contribution in [0.3, 0.4) is 0 Å². The molecule has 0 aromatic heterocycles. The number of carbonyl (C=O) groups is 1. The van der Waals surface area contributed by atoms with Gasteiger partial charge in [-0.1, -0.05) is 29.8 Å². The van der Waals surface area contributed by atoms with Crippen molar-refractivity contribution in [1.82, 2.24) is 4.72 Å². The zero-order valence-corrected chi connectivity index (χ0v) is 24.6. The molecule has 4 bridgehead atoms. The van der Waals surface area contributed by atoms with E-state index in [1.807, 2.05) is 18.2 Å². The van der Waals surface area contributed by atoms with Gasteiger partial charge in [0.2, 0.25) is 10.0 Å². The summed E-state index contributed by atoms with van der Waals surface area (Å²) in [7, 11) is -3.95.